The lowest BCUT2D eigenvalue weighted by Gasteiger charge is -2.33. The van der Waals surface area contributed by atoms with Crippen LogP contribution in [0.15, 0.2) is 35.8 Å². The minimum absolute atomic E-state index is 0.140. The molecular weight excluding hydrogens is 386 g/mol. The van der Waals surface area contributed by atoms with E-state index in [0.717, 1.165) is 35.5 Å². The summed E-state index contributed by atoms with van der Waals surface area (Å²) in [6.07, 6.45) is 5.37. The van der Waals surface area contributed by atoms with Crippen LogP contribution in [-0.2, 0) is 16.0 Å². The highest BCUT2D eigenvalue weighted by atomic mass is 32.1. The third-order valence-corrected chi connectivity index (χ3v) is 6.25. The zero-order valence-corrected chi connectivity index (χ0v) is 17.6. The number of carbonyl (C=O) groups excluding carboxylic acids is 2. The van der Waals surface area contributed by atoms with Crippen LogP contribution >= 0.6 is 11.3 Å². The normalized spacial score (nSPS) is 16.9. The van der Waals surface area contributed by atoms with Gasteiger partial charge in [-0.3, -0.25) is 9.20 Å². The van der Waals surface area contributed by atoms with Gasteiger partial charge in [0.15, 0.2) is 4.96 Å². The molecule has 0 aliphatic carbocycles. The average molecular weight is 412 g/mol. The standard InChI is InChI=1S/C22H25N3O3S/c1-3-15-8-10-16(11-9-15)17-13-25-19(14-29-22(25)23-17)20(26)24-12-6-5-7-18(24)21(27)28-4-2/h8-11,13-14,18H,3-7,12H2,1-2H3. The number of piperidine rings is 1. The van der Waals surface area contributed by atoms with E-state index in [1.165, 1.54) is 16.9 Å². The molecule has 1 atom stereocenters. The molecule has 0 N–H and O–H groups in total. The van der Waals surface area contributed by atoms with Crippen LogP contribution in [0.2, 0.25) is 0 Å². The first kappa shape index (κ1) is 19.6. The molecule has 1 aliphatic heterocycles. The molecule has 6 nitrogen and oxygen atoms in total. The van der Waals surface area contributed by atoms with E-state index in [1.807, 2.05) is 16.0 Å². The molecular formula is C22H25N3O3S. The highest BCUT2D eigenvalue weighted by Gasteiger charge is 2.34. The second-order valence-corrected chi connectivity index (χ2v) is 8.05. The molecule has 1 unspecified atom stereocenters. The zero-order valence-electron chi connectivity index (χ0n) is 16.8. The molecule has 3 heterocycles. The molecule has 0 saturated carbocycles. The number of benzene rings is 1. The Morgan fingerprint density at radius 3 is 2.72 bits per heavy atom. The maximum Gasteiger partial charge on any atom is 0.328 e. The average Bonchev–Trinajstić information content (AvgIpc) is 3.34. The first-order valence-electron chi connectivity index (χ1n) is 10.2. The number of fused-ring (bicyclic) bond motifs is 1. The summed E-state index contributed by atoms with van der Waals surface area (Å²) in [7, 11) is 0. The first-order valence-corrected chi connectivity index (χ1v) is 11.0. The van der Waals surface area contributed by atoms with Crippen molar-refractivity contribution in [2.75, 3.05) is 13.2 Å². The molecule has 2 aromatic heterocycles. The lowest BCUT2D eigenvalue weighted by atomic mass is 10.0. The van der Waals surface area contributed by atoms with Gasteiger partial charge < -0.3 is 9.64 Å². The summed E-state index contributed by atoms with van der Waals surface area (Å²) in [5, 5.41) is 1.82. The Kier molecular flexibility index (Phi) is 5.67. The van der Waals surface area contributed by atoms with Gasteiger partial charge in [0, 0.05) is 23.7 Å². The van der Waals surface area contributed by atoms with Gasteiger partial charge in [-0.2, -0.15) is 0 Å². The Hall–Kier alpha value is -2.67. The predicted molar refractivity (Wildman–Crippen MR) is 113 cm³/mol. The van der Waals surface area contributed by atoms with Crippen LogP contribution in [0.25, 0.3) is 16.2 Å². The Morgan fingerprint density at radius 1 is 1.21 bits per heavy atom. The maximum absolute atomic E-state index is 13.3. The van der Waals surface area contributed by atoms with Crippen molar-refractivity contribution in [3.05, 3.63) is 47.1 Å². The summed E-state index contributed by atoms with van der Waals surface area (Å²) in [5.41, 5.74) is 3.69. The van der Waals surface area contributed by atoms with Crippen molar-refractivity contribution in [3.8, 4) is 11.3 Å². The molecule has 0 radical (unpaired) electrons. The molecule has 1 fully saturated rings. The smallest absolute Gasteiger partial charge is 0.328 e. The van der Waals surface area contributed by atoms with Crippen molar-refractivity contribution in [1.82, 2.24) is 14.3 Å². The highest BCUT2D eigenvalue weighted by Crippen LogP contribution is 2.27. The number of carbonyl (C=O) groups is 2. The SMILES string of the molecule is CCOC(=O)C1CCCCN1C(=O)c1csc2nc(-c3ccc(CC)cc3)cn12. The lowest BCUT2D eigenvalue weighted by Crippen LogP contribution is -2.48. The first-order chi connectivity index (χ1) is 14.1. The van der Waals surface area contributed by atoms with Crippen LogP contribution in [-0.4, -0.2) is 45.4 Å². The van der Waals surface area contributed by atoms with Gasteiger partial charge in [-0.15, -0.1) is 11.3 Å². The number of rotatable bonds is 5. The summed E-state index contributed by atoms with van der Waals surface area (Å²) in [6, 6.07) is 7.83. The van der Waals surface area contributed by atoms with E-state index < -0.39 is 6.04 Å². The van der Waals surface area contributed by atoms with E-state index in [-0.39, 0.29) is 11.9 Å². The molecule has 3 aromatic rings. The minimum atomic E-state index is -0.504. The molecule has 1 aromatic carbocycles. The number of hydrogen-bond acceptors (Lipinski definition) is 5. The van der Waals surface area contributed by atoms with Gasteiger partial charge in [-0.05, 0) is 38.2 Å². The third kappa shape index (κ3) is 3.79. The van der Waals surface area contributed by atoms with Crippen LogP contribution in [0.1, 0.15) is 49.2 Å². The van der Waals surface area contributed by atoms with Crippen LogP contribution in [0.4, 0.5) is 0 Å². The van der Waals surface area contributed by atoms with E-state index >= 15 is 0 Å². The van der Waals surface area contributed by atoms with Crippen LogP contribution in [0.5, 0.6) is 0 Å². The number of hydrogen-bond donors (Lipinski definition) is 0. The Bertz CT molecular complexity index is 1020. The van der Waals surface area contributed by atoms with E-state index in [1.54, 1.807) is 11.8 Å². The van der Waals surface area contributed by atoms with Gasteiger partial charge in [-0.1, -0.05) is 31.2 Å². The number of aryl methyl sites for hydroxylation is 1. The van der Waals surface area contributed by atoms with Gasteiger partial charge in [0.2, 0.25) is 0 Å². The number of ether oxygens (including phenoxy) is 1. The molecule has 1 saturated heterocycles. The number of nitrogens with zero attached hydrogens (tertiary/aromatic N) is 3. The molecule has 4 rings (SSSR count). The van der Waals surface area contributed by atoms with Gasteiger partial charge in [0.05, 0.1) is 12.3 Å². The van der Waals surface area contributed by atoms with Crippen molar-refractivity contribution in [2.45, 2.75) is 45.6 Å². The van der Waals surface area contributed by atoms with Crippen LogP contribution in [0.3, 0.4) is 0 Å². The largest absolute Gasteiger partial charge is 0.464 e. The number of thiazole rings is 1. The topological polar surface area (TPSA) is 63.9 Å². The number of imidazole rings is 1. The highest BCUT2D eigenvalue weighted by molar-refractivity contribution is 7.15. The predicted octanol–water partition coefficient (Wildman–Crippen LogP) is 4.18. The molecule has 7 heteroatoms. The van der Waals surface area contributed by atoms with Crippen LogP contribution < -0.4 is 0 Å². The number of esters is 1. The fourth-order valence-electron chi connectivity index (χ4n) is 3.79. The molecule has 1 amide bonds. The van der Waals surface area contributed by atoms with Crippen molar-refractivity contribution < 1.29 is 14.3 Å². The monoisotopic (exact) mass is 411 g/mol. The Labute approximate surface area is 174 Å². The zero-order chi connectivity index (χ0) is 20.4. The van der Waals surface area contributed by atoms with E-state index in [9.17, 15) is 9.59 Å². The molecule has 0 bridgehead atoms. The summed E-state index contributed by atoms with van der Waals surface area (Å²) < 4.78 is 7.04. The number of aromatic nitrogens is 2. The molecule has 0 spiro atoms. The van der Waals surface area contributed by atoms with Crippen molar-refractivity contribution in [1.29, 1.82) is 0 Å². The van der Waals surface area contributed by atoms with Crippen molar-refractivity contribution >= 4 is 28.2 Å². The second kappa shape index (κ2) is 8.37. The Balaban J connectivity index is 1.63. The van der Waals surface area contributed by atoms with E-state index in [4.69, 9.17) is 4.74 Å². The Morgan fingerprint density at radius 2 is 2.00 bits per heavy atom. The van der Waals surface area contributed by atoms with Gasteiger partial charge in [0.1, 0.15) is 11.7 Å². The summed E-state index contributed by atoms with van der Waals surface area (Å²) in [4.78, 5) is 32.8. The second-order valence-electron chi connectivity index (χ2n) is 7.21. The maximum atomic E-state index is 13.3. The van der Waals surface area contributed by atoms with Crippen LogP contribution in [0, 0.1) is 0 Å². The molecule has 29 heavy (non-hydrogen) atoms. The van der Waals surface area contributed by atoms with E-state index in [0.29, 0.717) is 25.3 Å². The fraction of sp³-hybridized carbons (Fsp3) is 0.409. The molecule has 1 aliphatic rings. The van der Waals surface area contributed by atoms with Crippen molar-refractivity contribution in [3.63, 3.8) is 0 Å². The van der Waals surface area contributed by atoms with E-state index in [2.05, 4.69) is 36.2 Å². The quantitative estimate of drug-likeness (QED) is 0.591. The van der Waals surface area contributed by atoms with Gasteiger partial charge in [0.25, 0.3) is 5.91 Å². The summed E-state index contributed by atoms with van der Waals surface area (Å²) >= 11 is 1.44. The fourth-order valence-corrected chi connectivity index (χ4v) is 4.64. The molecule has 152 valence electrons. The number of likely N-dealkylation sites (tertiary alicyclic amines) is 1. The lowest BCUT2D eigenvalue weighted by molar-refractivity contribution is -0.149. The van der Waals surface area contributed by atoms with Crippen molar-refractivity contribution in [2.24, 2.45) is 0 Å². The third-order valence-electron chi connectivity index (χ3n) is 5.41. The summed E-state index contributed by atoms with van der Waals surface area (Å²) in [5.74, 6) is -0.450. The summed E-state index contributed by atoms with van der Waals surface area (Å²) in [6.45, 7) is 4.81. The number of amides is 1. The van der Waals surface area contributed by atoms with Gasteiger partial charge >= 0.3 is 5.97 Å². The minimum Gasteiger partial charge on any atom is -0.464 e. The van der Waals surface area contributed by atoms with Gasteiger partial charge in [-0.25, -0.2) is 9.78 Å².